The molecule has 1 rings (SSSR count). The van der Waals surface area contributed by atoms with Gasteiger partial charge < -0.3 is 10.6 Å². The van der Waals surface area contributed by atoms with E-state index in [1.807, 2.05) is 20.8 Å². The van der Waals surface area contributed by atoms with Gasteiger partial charge in [-0.05, 0) is 45.1 Å². The Balaban J connectivity index is 2.22. The molecule has 0 bridgehead atoms. The summed E-state index contributed by atoms with van der Waals surface area (Å²) in [7, 11) is 0. The normalized spacial score (nSPS) is 24.9. The molecule has 3 nitrogen and oxygen atoms in total. The summed E-state index contributed by atoms with van der Waals surface area (Å²) < 4.78 is 0. The Morgan fingerprint density at radius 3 is 2.67 bits per heavy atom. The van der Waals surface area contributed by atoms with Gasteiger partial charge in [0.1, 0.15) is 0 Å². The van der Waals surface area contributed by atoms with Crippen LogP contribution in [0.15, 0.2) is 0 Å². The van der Waals surface area contributed by atoms with Crippen LogP contribution in [0.3, 0.4) is 0 Å². The van der Waals surface area contributed by atoms with E-state index in [0.29, 0.717) is 0 Å². The van der Waals surface area contributed by atoms with Crippen molar-refractivity contribution < 1.29 is 4.79 Å². The van der Waals surface area contributed by atoms with Gasteiger partial charge in [0.25, 0.3) is 0 Å². The van der Waals surface area contributed by atoms with Crippen LogP contribution in [0.1, 0.15) is 59.8 Å². The lowest BCUT2D eigenvalue weighted by atomic mass is 9.81. The highest BCUT2D eigenvalue weighted by molar-refractivity contribution is 5.85. The van der Waals surface area contributed by atoms with Crippen molar-refractivity contribution in [1.82, 2.24) is 10.6 Å². The molecule has 0 aliphatic heterocycles. The predicted molar refractivity (Wildman–Crippen MR) is 76.5 cm³/mol. The highest BCUT2D eigenvalue weighted by Crippen LogP contribution is 2.30. The van der Waals surface area contributed by atoms with Crippen molar-refractivity contribution in [2.24, 2.45) is 11.8 Å². The number of amides is 1. The van der Waals surface area contributed by atoms with Gasteiger partial charge in [0.05, 0.1) is 5.54 Å². The minimum absolute atomic E-state index is 0.119. The van der Waals surface area contributed by atoms with Gasteiger partial charge in [-0.25, -0.2) is 0 Å². The van der Waals surface area contributed by atoms with Gasteiger partial charge in [-0.2, -0.15) is 0 Å². The molecule has 2 N–H and O–H groups in total. The first kappa shape index (κ1) is 15.5. The quantitative estimate of drug-likeness (QED) is 0.765. The summed E-state index contributed by atoms with van der Waals surface area (Å²) in [4.78, 5) is 12.0. The third-order valence-corrected chi connectivity index (χ3v) is 4.07. The molecule has 0 aromatic carbocycles. The summed E-state index contributed by atoms with van der Waals surface area (Å²) in [5, 5.41) is 6.27. The highest BCUT2D eigenvalue weighted by atomic mass is 16.2. The van der Waals surface area contributed by atoms with Gasteiger partial charge in [0.15, 0.2) is 0 Å². The average molecular weight is 254 g/mol. The van der Waals surface area contributed by atoms with Gasteiger partial charge in [0.2, 0.25) is 5.91 Å². The van der Waals surface area contributed by atoms with Crippen LogP contribution >= 0.6 is 0 Å². The molecule has 1 fully saturated rings. The van der Waals surface area contributed by atoms with Crippen molar-refractivity contribution in [1.29, 1.82) is 0 Å². The molecule has 0 radical (unpaired) electrons. The van der Waals surface area contributed by atoms with Gasteiger partial charge in [-0.1, -0.05) is 33.1 Å². The lowest BCUT2D eigenvalue weighted by Crippen LogP contribution is -2.52. The Hall–Kier alpha value is -0.570. The molecule has 18 heavy (non-hydrogen) atoms. The molecule has 0 spiro atoms. The number of carbonyl (C=O) groups is 1. The van der Waals surface area contributed by atoms with Crippen molar-refractivity contribution in [3.8, 4) is 0 Å². The Kier molecular flexibility index (Phi) is 6.13. The molecule has 2 unspecified atom stereocenters. The van der Waals surface area contributed by atoms with Crippen LogP contribution in [0.25, 0.3) is 0 Å². The van der Waals surface area contributed by atoms with Gasteiger partial charge in [-0.15, -0.1) is 0 Å². The van der Waals surface area contributed by atoms with E-state index in [2.05, 4.69) is 17.6 Å². The fourth-order valence-electron chi connectivity index (χ4n) is 2.95. The molecule has 1 aliphatic carbocycles. The van der Waals surface area contributed by atoms with Crippen LogP contribution in [0, 0.1) is 11.8 Å². The van der Waals surface area contributed by atoms with E-state index in [1.165, 1.54) is 25.7 Å². The molecule has 0 saturated heterocycles. The second-order valence-corrected chi connectivity index (χ2v) is 6.34. The maximum absolute atomic E-state index is 12.0. The van der Waals surface area contributed by atoms with Crippen molar-refractivity contribution in [3.05, 3.63) is 0 Å². The van der Waals surface area contributed by atoms with Crippen molar-refractivity contribution >= 4 is 5.91 Å². The van der Waals surface area contributed by atoms with E-state index in [0.717, 1.165) is 31.3 Å². The number of carbonyl (C=O) groups excluding carboxylic acids is 1. The smallest absolute Gasteiger partial charge is 0.239 e. The fourth-order valence-corrected chi connectivity index (χ4v) is 2.95. The van der Waals surface area contributed by atoms with E-state index in [4.69, 9.17) is 0 Å². The van der Waals surface area contributed by atoms with Crippen molar-refractivity contribution in [2.45, 2.75) is 65.3 Å². The topological polar surface area (TPSA) is 41.1 Å². The maximum atomic E-state index is 12.0. The summed E-state index contributed by atoms with van der Waals surface area (Å²) in [5.41, 5.74) is -0.450. The first-order valence-electron chi connectivity index (χ1n) is 7.49. The SMILES string of the molecule is CCNC(C)(C)C(=O)NCCC1CCCC(C)C1. The van der Waals surface area contributed by atoms with Crippen LogP contribution in [0.4, 0.5) is 0 Å². The number of hydrogen-bond acceptors (Lipinski definition) is 2. The van der Waals surface area contributed by atoms with E-state index in [9.17, 15) is 4.79 Å². The van der Waals surface area contributed by atoms with Crippen molar-refractivity contribution in [2.75, 3.05) is 13.1 Å². The van der Waals surface area contributed by atoms with Crippen LogP contribution in [-0.2, 0) is 4.79 Å². The second-order valence-electron chi connectivity index (χ2n) is 6.34. The van der Waals surface area contributed by atoms with Crippen LogP contribution < -0.4 is 10.6 Å². The predicted octanol–water partition coefficient (Wildman–Crippen LogP) is 2.71. The minimum Gasteiger partial charge on any atom is -0.355 e. The molecule has 1 saturated carbocycles. The molecule has 1 aliphatic rings. The van der Waals surface area contributed by atoms with Crippen LogP contribution in [0.5, 0.6) is 0 Å². The summed E-state index contributed by atoms with van der Waals surface area (Å²) in [6.45, 7) is 9.89. The molecule has 2 atom stereocenters. The first-order chi connectivity index (χ1) is 8.45. The monoisotopic (exact) mass is 254 g/mol. The van der Waals surface area contributed by atoms with Gasteiger partial charge >= 0.3 is 0 Å². The lowest BCUT2D eigenvalue weighted by molar-refractivity contribution is -0.126. The number of rotatable bonds is 6. The first-order valence-corrected chi connectivity index (χ1v) is 7.49. The van der Waals surface area contributed by atoms with Gasteiger partial charge in [-0.3, -0.25) is 4.79 Å². The minimum atomic E-state index is -0.450. The summed E-state index contributed by atoms with van der Waals surface area (Å²) in [6.07, 6.45) is 6.57. The molecular weight excluding hydrogens is 224 g/mol. The Morgan fingerprint density at radius 1 is 1.33 bits per heavy atom. The van der Waals surface area contributed by atoms with Crippen LogP contribution in [0.2, 0.25) is 0 Å². The third-order valence-electron chi connectivity index (χ3n) is 4.07. The third kappa shape index (κ3) is 4.97. The molecule has 0 aromatic heterocycles. The number of likely N-dealkylation sites (N-methyl/N-ethyl adjacent to an activating group) is 1. The molecule has 106 valence electrons. The summed E-state index contributed by atoms with van der Waals surface area (Å²) in [6, 6.07) is 0. The maximum Gasteiger partial charge on any atom is 0.239 e. The second kappa shape index (κ2) is 7.13. The average Bonchev–Trinajstić information content (AvgIpc) is 2.28. The summed E-state index contributed by atoms with van der Waals surface area (Å²) >= 11 is 0. The molecule has 3 heteroatoms. The fraction of sp³-hybridized carbons (Fsp3) is 0.933. The largest absolute Gasteiger partial charge is 0.355 e. The number of hydrogen-bond donors (Lipinski definition) is 2. The van der Waals surface area contributed by atoms with E-state index < -0.39 is 5.54 Å². The standard InChI is InChI=1S/C15H30N2O/c1-5-17-15(3,4)14(18)16-10-9-13-8-6-7-12(2)11-13/h12-13,17H,5-11H2,1-4H3,(H,16,18). The Labute approximate surface area is 112 Å². The Bertz CT molecular complexity index is 263. The van der Waals surface area contributed by atoms with E-state index in [-0.39, 0.29) is 5.91 Å². The zero-order chi connectivity index (χ0) is 13.6. The zero-order valence-corrected chi connectivity index (χ0v) is 12.5. The molecule has 0 heterocycles. The number of nitrogens with one attached hydrogen (secondary N) is 2. The van der Waals surface area contributed by atoms with Crippen LogP contribution in [-0.4, -0.2) is 24.5 Å². The van der Waals surface area contributed by atoms with Gasteiger partial charge in [0, 0.05) is 6.54 Å². The molecule has 0 aromatic rings. The van der Waals surface area contributed by atoms with Crippen molar-refractivity contribution in [3.63, 3.8) is 0 Å². The van der Waals surface area contributed by atoms with E-state index >= 15 is 0 Å². The highest BCUT2D eigenvalue weighted by Gasteiger charge is 2.26. The van der Waals surface area contributed by atoms with E-state index in [1.54, 1.807) is 0 Å². The molecular formula is C15H30N2O. The lowest BCUT2D eigenvalue weighted by Gasteiger charge is -2.28. The zero-order valence-electron chi connectivity index (χ0n) is 12.5. The Morgan fingerprint density at radius 2 is 2.06 bits per heavy atom. The molecule has 1 amide bonds. The summed E-state index contributed by atoms with van der Waals surface area (Å²) in [5.74, 6) is 1.81.